The van der Waals surface area contributed by atoms with Gasteiger partial charge in [-0.3, -0.25) is 4.79 Å². The van der Waals surface area contributed by atoms with Crippen LogP contribution in [0.4, 0.5) is 0 Å². The summed E-state index contributed by atoms with van der Waals surface area (Å²) in [5.74, 6) is 0.200. The minimum Gasteiger partial charge on any atom is -0.294 e. The fourth-order valence-corrected chi connectivity index (χ4v) is 1.26. The zero-order chi connectivity index (χ0) is 7.68. The van der Waals surface area contributed by atoms with Gasteiger partial charge in [0.25, 0.3) is 0 Å². The predicted molar refractivity (Wildman–Crippen MR) is 37.2 cm³/mol. The number of aryl methyl sites for hydroxylation is 2. The minimum atomic E-state index is 0.200. The first-order valence-electron chi connectivity index (χ1n) is 3.58. The number of fused-ring (bicyclic) bond motifs is 1. The van der Waals surface area contributed by atoms with Crippen molar-refractivity contribution in [1.82, 2.24) is 15.2 Å². The lowest BCUT2D eigenvalue weighted by Crippen LogP contribution is -2.01. The number of nitrogens with zero attached hydrogens (tertiary/aromatic N) is 3. The van der Waals surface area contributed by atoms with Gasteiger partial charge in [0.05, 0.1) is 11.4 Å². The normalized spacial score (nSPS) is 14.5. The van der Waals surface area contributed by atoms with Crippen LogP contribution in [0.3, 0.4) is 0 Å². The Morgan fingerprint density at radius 1 is 1.18 bits per heavy atom. The molecule has 2 rings (SSSR count). The lowest BCUT2D eigenvalue weighted by Gasteiger charge is -1.93. The first-order valence-corrected chi connectivity index (χ1v) is 3.58. The number of carbonyl (C=O) groups excluding carboxylic acids is 1. The summed E-state index contributed by atoms with van der Waals surface area (Å²) in [6, 6.07) is 0. The van der Waals surface area contributed by atoms with E-state index in [-0.39, 0.29) is 5.82 Å². The molecule has 0 radical (unpaired) electrons. The van der Waals surface area contributed by atoms with Crippen LogP contribution in [0, 0.1) is 0 Å². The summed E-state index contributed by atoms with van der Waals surface area (Å²) in [5.41, 5.74) is 1.90. The molecule has 56 valence electrons. The van der Waals surface area contributed by atoms with E-state index < -0.39 is 0 Å². The zero-order valence-electron chi connectivity index (χ0n) is 5.95. The van der Waals surface area contributed by atoms with Crippen LogP contribution in [0.5, 0.6) is 0 Å². The fourth-order valence-electron chi connectivity index (χ4n) is 1.26. The van der Waals surface area contributed by atoms with Crippen molar-refractivity contribution in [3.8, 4) is 0 Å². The minimum absolute atomic E-state index is 0.200. The molecule has 1 aromatic heterocycles. The van der Waals surface area contributed by atoms with E-state index >= 15 is 0 Å². The summed E-state index contributed by atoms with van der Waals surface area (Å²) in [5, 5.41) is 7.53. The van der Waals surface area contributed by atoms with E-state index in [2.05, 4.69) is 15.2 Å². The second-order valence-electron chi connectivity index (χ2n) is 2.53. The molecule has 1 aromatic rings. The summed E-state index contributed by atoms with van der Waals surface area (Å²) in [6.07, 6.45) is 3.60. The van der Waals surface area contributed by atoms with Crippen molar-refractivity contribution < 1.29 is 4.79 Å². The summed E-state index contributed by atoms with van der Waals surface area (Å²) >= 11 is 0. The second kappa shape index (κ2) is 2.38. The summed E-state index contributed by atoms with van der Waals surface area (Å²) in [7, 11) is 0. The van der Waals surface area contributed by atoms with Gasteiger partial charge in [0.1, 0.15) is 0 Å². The Bertz CT molecular complexity index is 298. The van der Waals surface area contributed by atoms with Crippen molar-refractivity contribution in [2.45, 2.75) is 19.3 Å². The number of aldehydes is 1. The van der Waals surface area contributed by atoms with Gasteiger partial charge in [-0.05, 0) is 19.3 Å². The van der Waals surface area contributed by atoms with Crippen molar-refractivity contribution in [1.29, 1.82) is 0 Å². The van der Waals surface area contributed by atoms with Gasteiger partial charge in [0.15, 0.2) is 6.29 Å². The van der Waals surface area contributed by atoms with E-state index in [0.717, 1.165) is 30.7 Å². The van der Waals surface area contributed by atoms with E-state index in [9.17, 15) is 4.79 Å². The number of hydrogen-bond acceptors (Lipinski definition) is 4. The molecule has 0 spiro atoms. The first-order chi connectivity index (χ1) is 5.40. The van der Waals surface area contributed by atoms with Gasteiger partial charge in [0, 0.05) is 0 Å². The van der Waals surface area contributed by atoms with Gasteiger partial charge >= 0.3 is 0 Å². The molecule has 0 N–H and O–H groups in total. The molecule has 0 saturated carbocycles. The molecule has 0 aromatic carbocycles. The SMILES string of the molecule is O=Cc1nnc2c(n1)CCC2. The van der Waals surface area contributed by atoms with Crippen molar-refractivity contribution in [3.05, 3.63) is 17.2 Å². The number of aromatic nitrogens is 3. The average molecular weight is 149 g/mol. The van der Waals surface area contributed by atoms with E-state index in [1.54, 1.807) is 0 Å². The molecule has 0 fully saturated rings. The van der Waals surface area contributed by atoms with Crippen LogP contribution in [0.1, 0.15) is 28.4 Å². The Balaban J connectivity index is 2.48. The molecule has 0 amide bonds. The van der Waals surface area contributed by atoms with E-state index in [1.807, 2.05) is 0 Å². The van der Waals surface area contributed by atoms with Gasteiger partial charge < -0.3 is 0 Å². The molecule has 0 atom stereocenters. The molecule has 1 aliphatic rings. The fraction of sp³-hybridized carbons (Fsp3) is 0.429. The lowest BCUT2D eigenvalue weighted by atomic mass is 10.4. The van der Waals surface area contributed by atoms with Crippen LogP contribution in [-0.4, -0.2) is 21.5 Å². The predicted octanol–water partition coefficient (Wildman–Crippen LogP) is 0.173. The number of rotatable bonds is 1. The van der Waals surface area contributed by atoms with Crippen molar-refractivity contribution >= 4 is 6.29 Å². The third kappa shape index (κ3) is 1.00. The molecule has 4 nitrogen and oxygen atoms in total. The molecule has 1 aliphatic carbocycles. The molecular weight excluding hydrogens is 142 g/mol. The zero-order valence-corrected chi connectivity index (χ0v) is 5.95. The molecule has 0 saturated heterocycles. The number of carbonyl (C=O) groups is 1. The standard InChI is InChI=1S/C7H7N3O/c11-4-7-8-5-2-1-3-6(5)9-10-7/h4H,1-3H2. The molecule has 11 heavy (non-hydrogen) atoms. The molecule has 4 heteroatoms. The van der Waals surface area contributed by atoms with Gasteiger partial charge in [0.2, 0.25) is 5.82 Å². The van der Waals surface area contributed by atoms with Crippen LogP contribution >= 0.6 is 0 Å². The number of hydrogen-bond donors (Lipinski definition) is 0. The highest BCUT2D eigenvalue weighted by Crippen LogP contribution is 2.15. The first kappa shape index (κ1) is 6.39. The van der Waals surface area contributed by atoms with E-state index in [1.165, 1.54) is 0 Å². The highest BCUT2D eigenvalue weighted by atomic mass is 16.1. The maximum Gasteiger partial charge on any atom is 0.214 e. The smallest absolute Gasteiger partial charge is 0.214 e. The van der Waals surface area contributed by atoms with Crippen molar-refractivity contribution in [3.63, 3.8) is 0 Å². The third-order valence-electron chi connectivity index (χ3n) is 1.79. The Morgan fingerprint density at radius 3 is 2.82 bits per heavy atom. The van der Waals surface area contributed by atoms with E-state index in [0.29, 0.717) is 6.29 Å². The van der Waals surface area contributed by atoms with Crippen LogP contribution < -0.4 is 0 Å². The van der Waals surface area contributed by atoms with Crippen LogP contribution in [0.15, 0.2) is 0 Å². The van der Waals surface area contributed by atoms with Crippen LogP contribution in [0.2, 0.25) is 0 Å². The quantitative estimate of drug-likeness (QED) is 0.534. The summed E-state index contributed by atoms with van der Waals surface area (Å²) < 4.78 is 0. The van der Waals surface area contributed by atoms with Crippen molar-refractivity contribution in [2.75, 3.05) is 0 Å². The van der Waals surface area contributed by atoms with Gasteiger partial charge in [-0.25, -0.2) is 4.98 Å². The highest BCUT2D eigenvalue weighted by Gasteiger charge is 2.14. The molecular formula is C7H7N3O. The maximum absolute atomic E-state index is 10.2. The largest absolute Gasteiger partial charge is 0.294 e. The molecule has 0 unspecified atom stereocenters. The van der Waals surface area contributed by atoms with Crippen LogP contribution in [0.25, 0.3) is 0 Å². The van der Waals surface area contributed by atoms with Gasteiger partial charge in [-0.15, -0.1) is 5.10 Å². The Hall–Kier alpha value is -1.32. The van der Waals surface area contributed by atoms with Crippen LogP contribution in [-0.2, 0) is 12.8 Å². The Morgan fingerprint density at radius 2 is 2.00 bits per heavy atom. The monoisotopic (exact) mass is 149 g/mol. The molecule has 0 bridgehead atoms. The maximum atomic E-state index is 10.2. The van der Waals surface area contributed by atoms with E-state index in [4.69, 9.17) is 0 Å². The summed E-state index contributed by atoms with van der Waals surface area (Å²) in [4.78, 5) is 14.3. The average Bonchev–Trinajstić information content (AvgIpc) is 2.50. The topological polar surface area (TPSA) is 55.7 Å². The second-order valence-corrected chi connectivity index (χ2v) is 2.53. The molecule has 0 aliphatic heterocycles. The summed E-state index contributed by atoms with van der Waals surface area (Å²) in [6.45, 7) is 0. The third-order valence-corrected chi connectivity index (χ3v) is 1.79. The Labute approximate surface area is 63.7 Å². The van der Waals surface area contributed by atoms with Gasteiger partial charge in [-0.2, -0.15) is 5.10 Å². The highest BCUT2D eigenvalue weighted by molar-refractivity contribution is 5.68. The lowest BCUT2D eigenvalue weighted by molar-refractivity contribution is 0.111. The van der Waals surface area contributed by atoms with Crippen molar-refractivity contribution in [2.24, 2.45) is 0 Å². The van der Waals surface area contributed by atoms with Gasteiger partial charge in [-0.1, -0.05) is 0 Å². The Kier molecular flexibility index (Phi) is 1.38. The molecule has 1 heterocycles.